The number of amides is 1. The Hall–Kier alpha value is -0.560. The molecule has 2 aliphatic rings. The van der Waals surface area contributed by atoms with E-state index in [4.69, 9.17) is 4.74 Å². The number of carbonyl (C=O) groups is 1. The third-order valence-electron chi connectivity index (χ3n) is 3.50. The van der Waals surface area contributed by atoms with E-state index in [0.29, 0.717) is 13.1 Å². The van der Waals surface area contributed by atoms with Crippen molar-refractivity contribution >= 4 is 29.0 Å². The lowest BCUT2D eigenvalue weighted by Crippen LogP contribution is -2.52. The van der Waals surface area contributed by atoms with Gasteiger partial charge in [0.25, 0.3) is 0 Å². The summed E-state index contributed by atoms with van der Waals surface area (Å²) in [5.41, 5.74) is 1.18. The fourth-order valence-corrected chi connectivity index (χ4v) is 4.18. The number of ether oxygens (including phenoxy) is 1. The second-order valence-electron chi connectivity index (χ2n) is 5.01. The summed E-state index contributed by atoms with van der Waals surface area (Å²) in [5.74, 6) is 1.98. The minimum absolute atomic E-state index is 0.0153. The molecule has 0 aromatic carbocycles. The summed E-state index contributed by atoms with van der Waals surface area (Å²) in [6.45, 7) is 3.40. The van der Waals surface area contributed by atoms with Crippen molar-refractivity contribution in [3.8, 4) is 0 Å². The third-order valence-corrected chi connectivity index (χ3v) is 5.14. The standard InChI is InChI=1S/C13H18N2O2S2/c1-9-4-15(13(16)11-7-19-8-14-11)5-12(17-9)10-2-3-18-6-10/h2-3,6,9,11-12,14H,4-5,7-8H2,1H3/t9-,11+,12-/m1/s1. The molecular weight excluding hydrogens is 280 g/mol. The van der Waals surface area contributed by atoms with Crippen molar-refractivity contribution in [1.82, 2.24) is 10.2 Å². The Morgan fingerprint density at radius 2 is 2.42 bits per heavy atom. The fraction of sp³-hybridized carbons (Fsp3) is 0.615. The van der Waals surface area contributed by atoms with Crippen molar-refractivity contribution in [3.05, 3.63) is 22.4 Å². The maximum absolute atomic E-state index is 12.5. The topological polar surface area (TPSA) is 41.6 Å². The van der Waals surface area contributed by atoms with Gasteiger partial charge in [0.2, 0.25) is 5.91 Å². The molecule has 0 aliphatic carbocycles. The number of nitrogens with zero attached hydrogens (tertiary/aromatic N) is 1. The summed E-state index contributed by atoms with van der Waals surface area (Å²) in [6.07, 6.45) is 0.115. The molecule has 1 aromatic rings. The highest BCUT2D eigenvalue weighted by molar-refractivity contribution is 7.99. The molecule has 6 heteroatoms. The number of nitrogens with one attached hydrogen (secondary N) is 1. The van der Waals surface area contributed by atoms with Crippen LogP contribution < -0.4 is 5.32 Å². The molecule has 0 spiro atoms. The summed E-state index contributed by atoms with van der Waals surface area (Å²) >= 11 is 3.46. The molecule has 2 fully saturated rings. The lowest BCUT2D eigenvalue weighted by molar-refractivity contribution is -0.146. The van der Waals surface area contributed by atoms with Gasteiger partial charge in [0.1, 0.15) is 6.10 Å². The van der Waals surface area contributed by atoms with Crippen LogP contribution in [0.4, 0.5) is 0 Å². The van der Waals surface area contributed by atoms with E-state index in [0.717, 1.165) is 11.6 Å². The Kier molecular flexibility index (Phi) is 4.12. The summed E-state index contributed by atoms with van der Waals surface area (Å²) in [5, 5.41) is 7.41. The van der Waals surface area contributed by atoms with E-state index in [2.05, 4.69) is 22.1 Å². The maximum Gasteiger partial charge on any atom is 0.240 e. The van der Waals surface area contributed by atoms with Gasteiger partial charge in [-0.25, -0.2) is 0 Å². The Bertz CT molecular complexity index is 432. The van der Waals surface area contributed by atoms with E-state index >= 15 is 0 Å². The lowest BCUT2D eigenvalue weighted by Gasteiger charge is -2.37. The molecular formula is C13H18N2O2S2. The molecule has 1 N–H and O–H groups in total. The van der Waals surface area contributed by atoms with Crippen LogP contribution in [0.5, 0.6) is 0 Å². The zero-order valence-corrected chi connectivity index (χ0v) is 12.5. The van der Waals surface area contributed by atoms with Crippen LogP contribution in [-0.4, -0.2) is 47.7 Å². The smallest absolute Gasteiger partial charge is 0.240 e. The van der Waals surface area contributed by atoms with Gasteiger partial charge in [-0.05, 0) is 29.3 Å². The molecule has 2 aliphatic heterocycles. The average Bonchev–Trinajstić information content (AvgIpc) is 3.10. The van der Waals surface area contributed by atoms with Crippen LogP contribution in [0.2, 0.25) is 0 Å². The van der Waals surface area contributed by atoms with Gasteiger partial charge in [-0.2, -0.15) is 11.3 Å². The second kappa shape index (κ2) is 5.83. The minimum atomic E-state index is -0.0153. The van der Waals surface area contributed by atoms with E-state index in [-0.39, 0.29) is 24.2 Å². The quantitative estimate of drug-likeness (QED) is 0.902. The van der Waals surface area contributed by atoms with Crippen LogP contribution >= 0.6 is 23.1 Å². The Balaban J connectivity index is 1.69. The Morgan fingerprint density at radius 1 is 1.53 bits per heavy atom. The monoisotopic (exact) mass is 298 g/mol. The number of thioether (sulfide) groups is 1. The molecule has 0 radical (unpaired) electrons. The molecule has 0 unspecified atom stereocenters. The largest absolute Gasteiger partial charge is 0.367 e. The van der Waals surface area contributed by atoms with Crippen molar-refractivity contribution in [2.45, 2.75) is 25.2 Å². The van der Waals surface area contributed by atoms with Crippen LogP contribution in [0.15, 0.2) is 16.8 Å². The lowest BCUT2D eigenvalue weighted by atomic mass is 10.1. The van der Waals surface area contributed by atoms with Crippen molar-refractivity contribution in [2.75, 3.05) is 24.7 Å². The van der Waals surface area contributed by atoms with Crippen LogP contribution in [0.1, 0.15) is 18.6 Å². The first kappa shape index (κ1) is 13.4. The molecule has 1 aromatic heterocycles. The van der Waals surface area contributed by atoms with Crippen molar-refractivity contribution < 1.29 is 9.53 Å². The summed E-state index contributed by atoms with van der Waals surface area (Å²) in [7, 11) is 0. The normalized spacial score (nSPS) is 31.6. The van der Waals surface area contributed by atoms with Gasteiger partial charge in [-0.1, -0.05) is 0 Å². The molecule has 4 nitrogen and oxygen atoms in total. The van der Waals surface area contributed by atoms with Gasteiger partial charge >= 0.3 is 0 Å². The molecule has 19 heavy (non-hydrogen) atoms. The van der Waals surface area contributed by atoms with Crippen LogP contribution in [0, 0.1) is 0 Å². The molecule has 104 valence electrons. The summed E-state index contributed by atoms with van der Waals surface area (Å²) in [4.78, 5) is 14.4. The molecule has 0 bridgehead atoms. The van der Waals surface area contributed by atoms with Gasteiger partial charge in [0, 0.05) is 18.2 Å². The van der Waals surface area contributed by atoms with Crippen LogP contribution in [0.25, 0.3) is 0 Å². The molecule has 3 rings (SSSR count). The zero-order valence-electron chi connectivity index (χ0n) is 10.9. The Morgan fingerprint density at radius 3 is 3.11 bits per heavy atom. The van der Waals surface area contributed by atoms with Gasteiger partial charge < -0.3 is 9.64 Å². The van der Waals surface area contributed by atoms with E-state index < -0.39 is 0 Å². The Labute approximate surface area is 121 Å². The minimum Gasteiger partial charge on any atom is -0.367 e. The van der Waals surface area contributed by atoms with E-state index in [1.54, 1.807) is 23.1 Å². The SMILES string of the molecule is C[C@@H]1CN(C(=O)[C@@H]2CSCN2)C[C@H](c2ccsc2)O1. The highest BCUT2D eigenvalue weighted by Gasteiger charge is 2.34. The number of hydrogen-bond acceptors (Lipinski definition) is 5. The maximum atomic E-state index is 12.5. The average molecular weight is 298 g/mol. The number of thiophene rings is 1. The first-order valence-electron chi connectivity index (χ1n) is 6.51. The fourth-order valence-electron chi connectivity index (χ4n) is 2.55. The predicted octanol–water partition coefficient (Wildman–Crippen LogP) is 1.70. The predicted molar refractivity (Wildman–Crippen MR) is 78.4 cm³/mol. The number of rotatable bonds is 2. The highest BCUT2D eigenvalue weighted by Crippen LogP contribution is 2.27. The van der Waals surface area contributed by atoms with Crippen molar-refractivity contribution in [3.63, 3.8) is 0 Å². The molecule has 2 saturated heterocycles. The van der Waals surface area contributed by atoms with Gasteiger partial charge in [-0.3, -0.25) is 10.1 Å². The van der Waals surface area contributed by atoms with Crippen molar-refractivity contribution in [1.29, 1.82) is 0 Å². The second-order valence-corrected chi connectivity index (χ2v) is 6.82. The first-order valence-corrected chi connectivity index (χ1v) is 8.61. The van der Waals surface area contributed by atoms with E-state index in [1.807, 2.05) is 11.8 Å². The molecule has 0 saturated carbocycles. The number of carbonyl (C=O) groups excluding carboxylic acids is 1. The third kappa shape index (κ3) is 2.97. The number of hydrogen-bond donors (Lipinski definition) is 1. The number of morpholine rings is 1. The van der Waals surface area contributed by atoms with E-state index in [9.17, 15) is 4.79 Å². The van der Waals surface area contributed by atoms with Crippen LogP contribution in [-0.2, 0) is 9.53 Å². The molecule has 3 heterocycles. The van der Waals surface area contributed by atoms with Gasteiger partial charge in [0.15, 0.2) is 0 Å². The molecule has 3 atom stereocenters. The van der Waals surface area contributed by atoms with Crippen molar-refractivity contribution in [2.24, 2.45) is 0 Å². The van der Waals surface area contributed by atoms with Gasteiger partial charge in [0.05, 0.1) is 18.7 Å². The zero-order chi connectivity index (χ0) is 13.2. The van der Waals surface area contributed by atoms with E-state index in [1.165, 1.54) is 5.56 Å². The summed E-state index contributed by atoms with van der Waals surface area (Å²) in [6, 6.07) is 2.07. The highest BCUT2D eigenvalue weighted by atomic mass is 32.2. The first-order chi connectivity index (χ1) is 9.24. The summed E-state index contributed by atoms with van der Waals surface area (Å²) < 4.78 is 5.96. The van der Waals surface area contributed by atoms with Crippen LogP contribution in [0.3, 0.4) is 0 Å². The molecule has 1 amide bonds. The van der Waals surface area contributed by atoms with Gasteiger partial charge in [-0.15, -0.1) is 11.8 Å².